The topological polar surface area (TPSA) is 24.6 Å². The highest BCUT2D eigenvalue weighted by molar-refractivity contribution is 7.17. The molecule has 38 valence electrons. The van der Waals surface area contributed by atoms with Crippen molar-refractivity contribution in [3.8, 4) is 0 Å². The highest BCUT2D eigenvalue weighted by Gasteiger charge is 2.27. The Hall–Kier alpha value is 0.415. The Morgan fingerprint density at radius 1 is 2.00 bits per heavy atom. The van der Waals surface area contributed by atoms with Gasteiger partial charge in [0.05, 0.1) is 12.7 Å². The smallest absolute Gasteiger partial charge is 0.178 e. The molecule has 1 aliphatic rings. The van der Waals surface area contributed by atoms with Crippen molar-refractivity contribution in [3.05, 3.63) is 0 Å². The van der Waals surface area contributed by atoms with Crippen molar-refractivity contribution in [1.82, 2.24) is 5.23 Å². The van der Waals surface area contributed by atoms with Crippen LogP contribution in [0.3, 0.4) is 0 Å². The number of ether oxygens (including phenoxy) is 1. The third-order valence-electron chi connectivity index (χ3n) is 0.952. The average molecular weight is 115 g/mol. The monoisotopic (exact) mass is 115 g/mol. The molecule has 0 aromatic heterocycles. The first kappa shape index (κ1) is 5.55. The Balaban J connectivity index is 2.10. The van der Waals surface area contributed by atoms with Gasteiger partial charge in [-0.1, -0.05) is 0 Å². The van der Waals surface area contributed by atoms with Gasteiger partial charge in [-0.15, -0.1) is 9.24 Å². The van der Waals surface area contributed by atoms with Crippen molar-refractivity contribution in [2.75, 3.05) is 6.61 Å². The summed E-state index contributed by atoms with van der Waals surface area (Å²) in [5, 5.41) is 2.56. The van der Waals surface area contributed by atoms with Crippen molar-refractivity contribution in [1.29, 1.82) is 0 Å². The van der Waals surface area contributed by atoms with Crippen molar-refractivity contribution < 1.29 is 4.74 Å². The number of rotatable bonds is 2. The highest BCUT2D eigenvalue weighted by atomic mass is 31.0. The maximum Gasteiger partial charge on any atom is 0.178 e. The molecule has 2 radical (unpaired) electrons. The second-order valence-electron chi connectivity index (χ2n) is 1.56. The van der Waals surface area contributed by atoms with E-state index in [2.05, 4.69) is 14.5 Å². The molecule has 7 heavy (non-hydrogen) atoms. The molecule has 1 saturated heterocycles. The summed E-state index contributed by atoms with van der Waals surface area (Å²) in [5.74, 6) is 0.236. The van der Waals surface area contributed by atoms with Crippen molar-refractivity contribution >= 4 is 17.2 Å². The zero-order valence-corrected chi connectivity index (χ0v) is 5.08. The van der Waals surface area contributed by atoms with Gasteiger partial charge in [0.25, 0.3) is 0 Å². The maximum atomic E-state index is 5.06. The highest BCUT2D eigenvalue weighted by Crippen LogP contribution is 2.17. The quantitative estimate of drug-likeness (QED) is 0.291. The summed E-state index contributed by atoms with van der Waals surface area (Å²) in [5.41, 5.74) is 0. The van der Waals surface area contributed by atoms with Gasteiger partial charge < -0.3 is 9.96 Å². The van der Waals surface area contributed by atoms with Crippen LogP contribution in [0.5, 0.6) is 0 Å². The summed E-state index contributed by atoms with van der Waals surface area (Å²) >= 11 is 0. The summed E-state index contributed by atoms with van der Waals surface area (Å²) in [4.78, 5) is 0. The molecule has 1 rings (SSSR count). The van der Waals surface area contributed by atoms with E-state index in [0.29, 0.717) is 6.10 Å². The largest absolute Gasteiger partial charge is 0.371 e. The molecule has 0 aromatic carbocycles. The Morgan fingerprint density at radius 3 is 2.71 bits per heavy atom. The fourth-order valence-corrected chi connectivity index (χ4v) is 0.592. The van der Waals surface area contributed by atoms with E-state index in [9.17, 15) is 0 Å². The van der Waals surface area contributed by atoms with Gasteiger partial charge >= 0.3 is 0 Å². The Kier molecular flexibility index (Phi) is 1.68. The van der Waals surface area contributed by atoms with E-state index < -0.39 is 0 Å². The summed E-state index contributed by atoms with van der Waals surface area (Å²) in [7, 11) is 7.61. The number of nitrogens with one attached hydrogen (secondary N) is 1. The molecule has 0 amide bonds. The molecule has 3 unspecified atom stereocenters. The Bertz CT molecular complexity index is 68.0. The molecule has 2 nitrogen and oxygen atoms in total. The number of epoxide rings is 1. The lowest BCUT2D eigenvalue weighted by atomic mass is 10.3. The zero-order valence-electron chi connectivity index (χ0n) is 3.92. The van der Waals surface area contributed by atoms with E-state index in [1.165, 1.54) is 0 Å². The molecule has 1 fully saturated rings. The molecule has 0 spiro atoms. The van der Waals surface area contributed by atoms with Gasteiger partial charge in [-0.3, -0.25) is 0 Å². The van der Waals surface area contributed by atoms with E-state index in [4.69, 9.17) is 12.7 Å². The lowest BCUT2D eigenvalue weighted by Crippen LogP contribution is -2.24. The van der Waals surface area contributed by atoms with Crippen LogP contribution < -0.4 is 5.23 Å². The number of hydrogen-bond acceptors (Lipinski definition) is 2. The first-order chi connectivity index (χ1) is 3.34. The first-order valence-electron chi connectivity index (χ1n) is 2.18. The molecule has 0 bridgehead atoms. The van der Waals surface area contributed by atoms with E-state index in [0.717, 1.165) is 6.61 Å². The van der Waals surface area contributed by atoms with E-state index in [-0.39, 0.29) is 5.78 Å². The molecule has 3 atom stereocenters. The third-order valence-corrected chi connectivity index (χ3v) is 1.57. The predicted molar refractivity (Wildman–Crippen MR) is 32.1 cm³/mol. The van der Waals surface area contributed by atoms with Crippen LogP contribution in [-0.4, -0.2) is 26.5 Å². The molecule has 1 aliphatic heterocycles. The summed E-state index contributed by atoms with van der Waals surface area (Å²) in [6, 6.07) is 0. The molecule has 1 heterocycles. The van der Waals surface area contributed by atoms with Crippen LogP contribution in [0.2, 0.25) is 0 Å². The van der Waals surface area contributed by atoms with Gasteiger partial charge in [-0.05, 0) is 0 Å². The molecule has 0 saturated carbocycles. The Labute approximate surface area is 46.6 Å². The first-order valence-corrected chi connectivity index (χ1v) is 2.84. The predicted octanol–water partition coefficient (Wildman–Crippen LogP) is -0.741. The molecule has 1 N–H and O–H groups in total. The van der Waals surface area contributed by atoms with Gasteiger partial charge in [0.15, 0.2) is 7.98 Å². The third kappa shape index (κ3) is 1.41. The van der Waals surface area contributed by atoms with Crippen molar-refractivity contribution in [3.63, 3.8) is 0 Å². The lowest BCUT2D eigenvalue weighted by molar-refractivity contribution is 0.398. The lowest BCUT2D eigenvalue weighted by Gasteiger charge is -2.02. The van der Waals surface area contributed by atoms with Crippen LogP contribution in [-0.2, 0) is 4.74 Å². The van der Waals surface area contributed by atoms with Crippen LogP contribution in [0.25, 0.3) is 0 Å². The van der Waals surface area contributed by atoms with Crippen LogP contribution in [0.4, 0.5) is 0 Å². The Morgan fingerprint density at radius 2 is 2.57 bits per heavy atom. The van der Waals surface area contributed by atoms with Gasteiger partial charge in [-0.2, -0.15) is 0 Å². The molecular weight excluding hydrogens is 108 g/mol. The van der Waals surface area contributed by atoms with Crippen LogP contribution in [0, 0.1) is 0 Å². The summed E-state index contributed by atoms with van der Waals surface area (Å²) < 4.78 is 4.90. The second kappa shape index (κ2) is 2.12. The van der Waals surface area contributed by atoms with Gasteiger partial charge in [0.1, 0.15) is 0 Å². The summed E-state index contributed by atoms with van der Waals surface area (Å²) in [6.07, 6.45) is 0.343. The van der Waals surface area contributed by atoms with Crippen LogP contribution in [0.15, 0.2) is 0 Å². The van der Waals surface area contributed by atoms with Crippen LogP contribution >= 0.6 is 9.24 Å². The maximum absolute atomic E-state index is 5.06. The van der Waals surface area contributed by atoms with E-state index in [1.807, 2.05) is 0 Å². The molecule has 0 aliphatic carbocycles. The second-order valence-corrected chi connectivity index (χ2v) is 2.28. The fourth-order valence-electron chi connectivity index (χ4n) is 0.370. The molecule has 0 aromatic rings. The van der Waals surface area contributed by atoms with E-state index >= 15 is 0 Å². The zero-order chi connectivity index (χ0) is 5.28. The van der Waals surface area contributed by atoms with Crippen LogP contribution in [0.1, 0.15) is 0 Å². The fraction of sp³-hybridized carbons (Fsp3) is 1.00. The van der Waals surface area contributed by atoms with E-state index in [1.54, 1.807) is 0 Å². The number of hydrogen-bond donors (Lipinski definition) is 1. The molecule has 4 heteroatoms. The van der Waals surface area contributed by atoms with Gasteiger partial charge in [0.2, 0.25) is 0 Å². The van der Waals surface area contributed by atoms with Crippen molar-refractivity contribution in [2.45, 2.75) is 11.9 Å². The minimum atomic E-state index is 0.236. The van der Waals surface area contributed by atoms with Gasteiger partial charge in [-0.25, -0.2) is 0 Å². The minimum Gasteiger partial charge on any atom is -0.371 e. The standard InChI is InChI=1S/C3H7BNOP/c4-5-3(7)2-1-6-2/h2-3,5H,1,7H2. The molecular formula is C3H7BNOP. The minimum absolute atomic E-state index is 0.236. The van der Waals surface area contributed by atoms with Crippen molar-refractivity contribution in [2.24, 2.45) is 0 Å². The SMILES string of the molecule is [B]NC(P)C1CO1. The van der Waals surface area contributed by atoms with Gasteiger partial charge in [0, 0.05) is 5.78 Å². The normalized spacial score (nSPS) is 32.4. The summed E-state index contributed by atoms with van der Waals surface area (Å²) in [6.45, 7) is 0.846. The average Bonchev–Trinajstić information content (AvgIpc) is 2.44.